The molecule has 0 aliphatic carbocycles. The van der Waals surface area contributed by atoms with Crippen LogP contribution in [-0.2, 0) is 18.6 Å². The number of hydrogen-bond donors (Lipinski definition) is 0. The zero-order valence-corrected chi connectivity index (χ0v) is 14.7. The average molecular weight is 309 g/mol. The Bertz CT molecular complexity index is 730. The Kier molecular flexibility index (Phi) is 4.88. The van der Waals surface area contributed by atoms with Crippen molar-refractivity contribution in [2.45, 2.75) is 54.5 Å². The van der Waals surface area contributed by atoms with Gasteiger partial charge in [-0.05, 0) is 70.7 Å². The van der Waals surface area contributed by atoms with E-state index in [0.717, 1.165) is 22.2 Å². The van der Waals surface area contributed by atoms with E-state index in [4.69, 9.17) is 0 Å². The smallest absolute Gasteiger partial charge is 0.293 e. The quantitative estimate of drug-likeness (QED) is 0.808. The maximum absolute atomic E-state index is 12.2. The number of aryl methyl sites for hydroxylation is 3. The minimum atomic E-state index is -0.147. The molecule has 1 aromatic heterocycles. The number of rotatable bonds is 1. The Hall–Kier alpha value is -1.06. The molecule has 0 saturated carbocycles. The SMILES string of the molecule is Cc1c(C)c(C)c2c(C)n(C(C)C)c(=O)nc2c1C.[V]. The van der Waals surface area contributed by atoms with Crippen molar-refractivity contribution >= 4 is 10.9 Å². The summed E-state index contributed by atoms with van der Waals surface area (Å²) in [6.07, 6.45) is 0. The van der Waals surface area contributed by atoms with Crippen molar-refractivity contribution in [3.8, 4) is 0 Å². The Balaban J connectivity index is 0.00000200. The van der Waals surface area contributed by atoms with Crippen molar-refractivity contribution < 1.29 is 18.6 Å². The van der Waals surface area contributed by atoms with Gasteiger partial charge < -0.3 is 0 Å². The van der Waals surface area contributed by atoms with Gasteiger partial charge in [0.1, 0.15) is 0 Å². The summed E-state index contributed by atoms with van der Waals surface area (Å²) >= 11 is 0. The van der Waals surface area contributed by atoms with Gasteiger partial charge in [-0.3, -0.25) is 4.57 Å². The second-order valence-corrected chi connectivity index (χ2v) is 5.67. The largest absolute Gasteiger partial charge is 0.348 e. The van der Waals surface area contributed by atoms with Crippen LogP contribution in [0, 0.1) is 34.6 Å². The minimum absolute atomic E-state index is 0. The third-order valence-corrected chi connectivity index (χ3v) is 4.31. The van der Waals surface area contributed by atoms with Crippen LogP contribution in [0.25, 0.3) is 10.9 Å². The average Bonchev–Trinajstić information content (AvgIpc) is 2.32. The Morgan fingerprint density at radius 2 is 1.40 bits per heavy atom. The monoisotopic (exact) mass is 309 g/mol. The third-order valence-electron chi connectivity index (χ3n) is 4.31. The normalized spacial score (nSPS) is 11.0. The first-order valence-corrected chi connectivity index (χ1v) is 6.76. The van der Waals surface area contributed by atoms with Crippen molar-refractivity contribution in [3.05, 3.63) is 38.4 Å². The predicted molar refractivity (Wildman–Crippen MR) is 80.1 cm³/mol. The molecular weight excluding hydrogens is 287 g/mol. The molecule has 1 radical (unpaired) electrons. The van der Waals surface area contributed by atoms with E-state index in [1.54, 1.807) is 4.57 Å². The second kappa shape index (κ2) is 5.75. The topological polar surface area (TPSA) is 34.9 Å². The first-order chi connectivity index (χ1) is 8.77. The molecule has 1 heterocycles. The molecule has 4 heteroatoms. The summed E-state index contributed by atoms with van der Waals surface area (Å²) < 4.78 is 1.78. The first kappa shape index (κ1) is 17.0. The fraction of sp³-hybridized carbons (Fsp3) is 0.500. The van der Waals surface area contributed by atoms with Crippen molar-refractivity contribution in [1.82, 2.24) is 9.55 Å². The third kappa shape index (κ3) is 2.34. The van der Waals surface area contributed by atoms with Crippen LogP contribution < -0.4 is 5.69 Å². The summed E-state index contributed by atoms with van der Waals surface area (Å²) in [5.74, 6) is 0. The molecule has 20 heavy (non-hydrogen) atoms. The van der Waals surface area contributed by atoms with E-state index in [-0.39, 0.29) is 30.3 Å². The standard InChI is InChI=1S/C16H22N2O.V/c1-8(2)18-13(7)14-11(5)9(3)10(4)12(6)15(14)17-16(18)19;/h8H,1-7H3;. The van der Waals surface area contributed by atoms with Crippen molar-refractivity contribution in [1.29, 1.82) is 0 Å². The molecule has 0 unspecified atom stereocenters. The molecule has 3 nitrogen and oxygen atoms in total. The molecule has 107 valence electrons. The summed E-state index contributed by atoms with van der Waals surface area (Å²) in [7, 11) is 0. The van der Waals surface area contributed by atoms with Crippen molar-refractivity contribution in [2.24, 2.45) is 0 Å². The van der Waals surface area contributed by atoms with Gasteiger partial charge in [-0.15, -0.1) is 0 Å². The predicted octanol–water partition coefficient (Wildman–Crippen LogP) is 3.52. The summed E-state index contributed by atoms with van der Waals surface area (Å²) in [5, 5.41) is 1.13. The van der Waals surface area contributed by atoms with Gasteiger partial charge in [0.2, 0.25) is 0 Å². The number of benzene rings is 1. The fourth-order valence-corrected chi connectivity index (χ4v) is 2.90. The molecule has 0 fully saturated rings. The van der Waals surface area contributed by atoms with Crippen LogP contribution in [0.15, 0.2) is 4.79 Å². The Labute approximate surface area is 132 Å². The number of fused-ring (bicyclic) bond motifs is 1. The van der Waals surface area contributed by atoms with E-state index >= 15 is 0 Å². The van der Waals surface area contributed by atoms with E-state index in [1.165, 1.54) is 16.7 Å². The van der Waals surface area contributed by atoms with Gasteiger partial charge in [-0.1, -0.05) is 0 Å². The fourth-order valence-electron chi connectivity index (χ4n) is 2.90. The summed E-state index contributed by atoms with van der Waals surface area (Å²) in [6.45, 7) is 14.5. The van der Waals surface area contributed by atoms with Gasteiger partial charge in [-0.25, -0.2) is 4.79 Å². The van der Waals surface area contributed by atoms with Crippen LogP contribution in [0.3, 0.4) is 0 Å². The number of nitrogens with zero attached hydrogens (tertiary/aromatic N) is 2. The summed E-state index contributed by atoms with van der Waals surface area (Å²) in [4.78, 5) is 16.5. The van der Waals surface area contributed by atoms with E-state index in [2.05, 4.69) is 32.7 Å². The number of hydrogen-bond acceptors (Lipinski definition) is 2. The van der Waals surface area contributed by atoms with Crippen LogP contribution in [0.4, 0.5) is 0 Å². The van der Waals surface area contributed by atoms with Gasteiger partial charge in [0, 0.05) is 35.7 Å². The van der Waals surface area contributed by atoms with Crippen LogP contribution in [-0.4, -0.2) is 9.55 Å². The van der Waals surface area contributed by atoms with Gasteiger partial charge in [0.15, 0.2) is 0 Å². The molecular formula is C16H22N2OV. The molecule has 0 aliphatic rings. The molecule has 0 amide bonds. The first-order valence-electron chi connectivity index (χ1n) is 6.76. The van der Waals surface area contributed by atoms with Gasteiger partial charge in [0.05, 0.1) is 5.52 Å². The van der Waals surface area contributed by atoms with Gasteiger partial charge in [-0.2, -0.15) is 4.98 Å². The molecule has 0 N–H and O–H groups in total. The van der Waals surface area contributed by atoms with Gasteiger partial charge >= 0.3 is 5.69 Å². The second-order valence-electron chi connectivity index (χ2n) is 5.67. The van der Waals surface area contributed by atoms with E-state index in [0.29, 0.717) is 0 Å². The van der Waals surface area contributed by atoms with Crippen LogP contribution in [0.5, 0.6) is 0 Å². The van der Waals surface area contributed by atoms with E-state index < -0.39 is 0 Å². The molecule has 1 aromatic carbocycles. The van der Waals surface area contributed by atoms with Crippen LogP contribution in [0.2, 0.25) is 0 Å². The summed E-state index contributed by atoms with van der Waals surface area (Å²) in [6, 6.07) is 0.130. The molecule has 2 rings (SSSR count). The summed E-state index contributed by atoms with van der Waals surface area (Å²) in [5.41, 5.74) is 6.62. The molecule has 2 aromatic rings. The molecule has 0 spiro atoms. The van der Waals surface area contributed by atoms with Crippen LogP contribution >= 0.6 is 0 Å². The minimum Gasteiger partial charge on any atom is -0.293 e. The Morgan fingerprint density at radius 3 is 1.90 bits per heavy atom. The molecule has 0 aliphatic heterocycles. The van der Waals surface area contributed by atoms with E-state index in [9.17, 15) is 4.79 Å². The molecule has 0 atom stereocenters. The zero-order valence-electron chi connectivity index (χ0n) is 13.3. The maximum atomic E-state index is 12.2. The van der Waals surface area contributed by atoms with E-state index in [1.807, 2.05) is 20.8 Å². The zero-order chi connectivity index (χ0) is 14.5. The maximum Gasteiger partial charge on any atom is 0.348 e. The number of aromatic nitrogens is 2. The molecule has 0 saturated heterocycles. The van der Waals surface area contributed by atoms with Crippen molar-refractivity contribution in [3.63, 3.8) is 0 Å². The van der Waals surface area contributed by atoms with Gasteiger partial charge in [0.25, 0.3) is 0 Å². The van der Waals surface area contributed by atoms with Crippen LogP contribution in [0.1, 0.15) is 47.8 Å². The molecule has 0 bridgehead atoms. The Morgan fingerprint density at radius 1 is 0.900 bits per heavy atom. The van der Waals surface area contributed by atoms with Crippen molar-refractivity contribution in [2.75, 3.05) is 0 Å².